The van der Waals surface area contributed by atoms with Gasteiger partial charge in [-0.05, 0) is 24.3 Å². The highest BCUT2D eigenvalue weighted by atomic mass is 35.5. The predicted octanol–water partition coefficient (Wildman–Crippen LogP) is 3.80. The summed E-state index contributed by atoms with van der Waals surface area (Å²) in [5, 5.41) is 4.02. The van der Waals surface area contributed by atoms with Crippen molar-refractivity contribution in [3.05, 3.63) is 51.8 Å². The van der Waals surface area contributed by atoms with E-state index >= 15 is 0 Å². The zero-order valence-electron chi connectivity index (χ0n) is 12.0. The van der Waals surface area contributed by atoms with Crippen molar-refractivity contribution in [2.45, 2.75) is 6.54 Å². The lowest BCUT2D eigenvalue weighted by Gasteiger charge is -2.11. The van der Waals surface area contributed by atoms with Crippen molar-refractivity contribution < 1.29 is 14.3 Å². The van der Waals surface area contributed by atoms with Crippen molar-refractivity contribution in [2.75, 3.05) is 19.5 Å². The summed E-state index contributed by atoms with van der Waals surface area (Å²) in [5.41, 5.74) is 1.83. The zero-order chi connectivity index (χ0) is 16.1. The number of anilines is 1. The van der Waals surface area contributed by atoms with Gasteiger partial charge in [0, 0.05) is 16.8 Å². The molecule has 2 aromatic rings. The van der Waals surface area contributed by atoms with Crippen molar-refractivity contribution in [2.24, 2.45) is 0 Å². The van der Waals surface area contributed by atoms with E-state index in [-0.39, 0.29) is 0 Å². The lowest BCUT2D eigenvalue weighted by molar-refractivity contribution is 0.0597. The van der Waals surface area contributed by atoms with Gasteiger partial charge in [-0.3, -0.25) is 0 Å². The number of methoxy groups -OCH3 is 2. The van der Waals surface area contributed by atoms with Gasteiger partial charge in [0.05, 0.1) is 26.5 Å². The standard InChI is InChI=1S/C15H14Cl2N2O3/c1-21-13-7-10(3-4-12(13)15(20)22-2)18-8-11-5-9(16)6-14(17)19-11/h3-7,18H,8H2,1-2H3. The molecule has 1 aromatic heterocycles. The first-order valence-corrected chi connectivity index (χ1v) is 7.11. The van der Waals surface area contributed by atoms with Crippen LogP contribution in [0, 0.1) is 0 Å². The van der Waals surface area contributed by atoms with E-state index in [1.807, 2.05) is 0 Å². The fourth-order valence-electron chi connectivity index (χ4n) is 1.88. The molecule has 0 saturated heterocycles. The Bertz CT molecular complexity index is 672. The molecule has 116 valence electrons. The van der Waals surface area contributed by atoms with Crippen LogP contribution in [0.3, 0.4) is 0 Å². The summed E-state index contributed by atoms with van der Waals surface area (Å²) in [6, 6.07) is 8.38. The maximum atomic E-state index is 11.6. The van der Waals surface area contributed by atoms with Crippen LogP contribution in [0.1, 0.15) is 16.1 Å². The zero-order valence-corrected chi connectivity index (χ0v) is 13.5. The number of hydrogen-bond donors (Lipinski definition) is 1. The van der Waals surface area contributed by atoms with Gasteiger partial charge in [-0.15, -0.1) is 0 Å². The summed E-state index contributed by atoms with van der Waals surface area (Å²) in [5.74, 6) is -0.0272. The Morgan fingerprint density at radius 2 is 2.00 bits per heavy atom. The van der Waals surface area contributed by atoms with E-state index in [9.17, 15) is 4.79 Å². The van der Waals surface area contributed by atoms with E-state index in [1.54, 1.807) is 30.3 Å². The van der Waals surface area contributed by atoms with Crippen molar-refractivity contribution in [3.8, 4) is 5.75 Å². The summed E-state index contributed by atoms with van der Waals surface area (Å²) in [6.45, 7) is 0.432. The molecule has 0 aliphatic rings. The van der Waals surface area contributed by atoms with Crippen molar-refractivity contribution in [1.29, 1.82) is 0 Å². The van der Waals surface area contributed by atoms with Gasteiger partial charge < -0.3 is 14.8 Å². The molecule has 2 rings (SSSR count). The molecular weight excluding hydrogens is 327 g/mol. The van der Waals surface area contributed by atoms with Crippen LogP contribution in [0.15, 0.2) is 30.3 Å². The molecule has 0 atom stereocenters. The Hall–Kier alpha value is -1.98. The van der Waals surface area contributed by atoms with Crippen LogP contribution in [0.4, 0.5) is 5.69 Å². The van der Waals surface area contributed by atoms with Gasteiger partial charge in [-0.25, -0.2) is 9.78 Å². The number of hydrogen-bond acceptors (Lipinski definition) is 5. The second-order valence-electron chi connectivity index (χ2n) is 4.36. The minimum Gasteiger partial charge on any atom is -0.496 e. The fraction of sp³-hybridized carbons (Fsp3) is 0.200. The number of carbonyl (C=O) groups is 1. The van der Waals surface area contributed by atoms with E-state index in [0.29, 0.717) is 33.7 Å². The molecule has 0 fully saturated rings. The van der Waals surface area contributed by atoms with E-state index in [1.165, 1.54) is 14.2 Å². The van der Waals surface area contributed by atoms with Crippen molar-refractivity contribution in [3.63, 3.8) is 0 Å². The average molecular weight is 341 g/mol. The third-order valence-corrected chi connectivity index (χ3v) is 3.30. The third-order valence-electron chi connectivity index (χ3n) is 2.89. The maximum absolute atomic E-state index is 11.6. The van der Waals surface area contributed by atoms with E-state index in [4.69, 9.17) is 32.7 Å². The highest BCUT2D eigenvalue weighted by molar-refractivity contribution is 6.33. The van der Waals surface area contributed by atoms with Gasteiger partial charge in [-0.1, -0.05) is 23.2 Å². The molecule has 0 bridgehead atoms. The summed E-state index contributed by atoms with van der Waals surface area (Å²) in [7, 11) is 2.81. The second-order valence-corrected chi connectivity index (χ2v) is 5.18. The lowest BCUT2D eigenvalue weighted by Crippen LogP contribution is -2.06. The molecule has 0 radical (unpaired) electrons. The molecule has 0 aliphatic carbocycles. The van der Waals surface area contributed by atoms with Crippen molar-refractivity contribution >= 4 is 34.9 Å². The number of aromatic nitrogens is 1. The van der Waals surface area contributed by atoms with Gasteiger partial charge in [0.15, 0.2) is 0 Å². The first kappa shape index (κ1) is 16.4. The summed E-state index contributed by atoms with van der Waals surface area (Å²) in [4.78, 5) is 15.8. The van der Waals surface area contributed by atoms with Gasteiger partial charge in [0.1, 0.15) is 16.5 Å². The topological polar surface area (TPSA) is 60.5 Å². The number of halogens is 2. The summed E-state index contributed by atoms with van der Waals surface area (Å²) in [6.07, 6.45) is 0. The van der Waals surface area contributed by atoms with E-state index < -0.39 is 5.97 Å². The van der Waals surface area contributed by atoms with Crippen LogP contribution < -0.4 is 10.1 Å². The molecule has 1 heterocycles. The molecule has 5 nitrogen and oxygen atoms in total. The Morgan fingerprint density at radius 3 is 2.64 bits per heavy atom. The van der Waals surface area contributed by atoms with Gasteiger partial charge in [0.25, 0.3) is 0 Å². The van der Waals surface area contributed by atoms with E-state index in [0.717, 1.165) is 5.69 Å². The molecule has 0 unspecified atom stereocenters. The largest absolute Gasteiger partial charge is 0.496 e. The molecule has 0 amide bonds. The second kappa shape index (κ2) is 7.33. The Morgan fingerprint density at radius 1 is 1.23 bits per heavy atom. The van der Waals surface area contributed by atoms with Gasteiger partial charge in [0.2, 0.25) is 0 Å². The number of nitrogens with zero attached hydrogens (tertiary/aromatic N) is 1. The van der Waals surface area contributed by atoms with Crippen LogP contribution in [-0.2, 0) is 11.3 Å². The lowest BCUT2D eigenvalue weighted by atomic mass is 10.1. The normalized spacial score (nSPS) is 10.2. The minimum absolute atomic E-state index is 0.336. The number of rotatable bonds is 5. The predicted molar refractivity (Wildman–Crippen MR) is 85.9 cm³/mol. The van der Waals surface area contributed by atoms with Crippen LogP contribution in [0.25, 0.3) is 0 Å². The number of ether oxygens (including phenoxy) is 2. The number of carbonyl (C=O) groups excluding carboxylic acids is 1. The van der Waals surface area contributed by atoms with Crippen LogP contribution in [-0.4, -0.2) is 25.2 Å². The molecule has 1 N–H and O–H groups in total. The number of esters is 1. The summed E-state index contributed by atoms with van der Waals surface area (Å²) < 4.78 is 9.90. The minimum atomic E-state index is -0.452. The quantitative estimate of drug-likeness (QED) is 0.662. The first-order chi connectivity index (χ1) is 10.5. The SMILES string of the molecule is COC(=O)c1ccc(NCc2cc(Cl)cc(Cl)n2)cc1OC. The number of pyridine rings is 1. The van der Waals surface area contributed by atoms with E-state index in [2.05, 4.69) is 10.3 Å². The molecular formula is C15H14Cl2N2O3. The molecule has 0 aliphatic heterocycles. The Kier molecular flexibility index (Phi) is 5.46. The molecule has 0 saturated carbocycles. The van der Waals surface area contributed by atoms with Gasteiger partial charge >= 0.3 is 5.97 Å². The fourth-order valence-corrected chi connectivity index (χ4v) is 2.39. The summed E-state index contributed by atoms with van der Waals surface area (Å²) >= 11 is 11.8. The first-order valence-electron chi connectivity index (χ1n) is 6.35. The van der Waals surface area contributed by atoms with Crippen LogP contribution in [0.5, 0.6) is 5.75 Å². The Labute approximate surface area is 138 Å². The molecule has 1 aromatic carbocycles. The molecule has 0 spiro atoms. The Balaban J connectivity index is 2.14. The number of benzene rings is 1. The van der Waals surface area contributed by atoms with Crippen molar-refractivity contribution in [1.82, 2.24) is 4.98 Å². The average Bonchev–Trinajstić information content (AvgIpc) is 2.51. The number of nitrogens with one attached hydrogen (secondary N) is 1. The monoisotopic (exact) mass is 340 g/mol. The van der Waals surface area contributed by atoms with Gasteiger partial charge in [-0.2, -0.15) is 0 Å². The smallest absolute Gasteiger partial charge is 0.341 e. The molecule has 7 heteroatoms. The van der Waals surface area contributed by atoms with Crippen LogP contribution in [0.2, 0.25) is 10.2 Å². The third kappa shape index (κ3) is 4.02. The highest BCUT2D eigenvalue weighted by Crippen LogP contribution is 2.24. The highest BCUT2D eigenvalue weighted by Gasteiger charge is 2.13. The molecule has 22 heavy (non-hydrogen) atoms. The maximum Gasteiger partial charge on any atom is 0.341 e. The van der Waals surface area contributed by atoms with Crippen LogP contribution >= 0.6 is 23.2 Å².